The van der Waals surface area contributed by atoms with Gasteiger partial charge in [0, 0.05) is 24.5 Å². The lowest BCUT2D eigenvalue weighted by atomic mass is 10.1. The number of ether oxygens (including phenoxy) is 1. The summed E-state index contributed by atoms with van der Waals surface area (Å²) in [5.41, 5.74) is 2.91. The molecule has 6 heteroatoms. The maximum Gasteiger partial charge on any atom is 0.262 e. The summed E-state index contributed by atoms with van der Waals surface area (Å²) in [4.78, 5) is 14.4. The third-order valence-corrected chi connectivity index (χ3v) is 4.69. The van der Waals surface area contributed by atoms with Gasteiger partial charge in [0.1, 0.15) is 10.8 Å². The quantitative estimate of drug-likeness (QED) is 0.720. The zero-order valence-electron chi connectivity index (χ0n) is 14.6. The average molecular weight is 381 g/mol. The molecule has 0 bridgehead atoms. The van der Waals surface area contributed by atoms with E-state index in [1.54, 1.807) is 18.2 Å². The lowest BCUT2D eigenvalue weighted by Gasteiger charge is -2.22. The molecule has 0 aliphatic heterocycles. The Kier molecular flexibility index (Phi) is 6.97. The summed E-state index contributed by atoms with van der Waals surface area (Å²) >= 11 is 12.0. The first-order valence-electron chi connectivity index (χ1n) is 8.18. The van der Waals surface area contributed by atoms with Crippen LogP contribution in [0.4, 0.5) is 11.4 Å². The fraction of sp³-hybridized carbons (Fsp3) is 0.316. The molecular formula is C19H22Cl2N2O2. The van der Waals surface area contributed by atoms with Crippen LogP contribution in [0.2, 0.25) is 10.0 Å². The van der Waals surface area contributed by atoms with Crippen LogP contribution in [0.25, 0.3) is 0 Å². The van der Waals surface area contributed by atoms with Gasteiger partial charge in [-0.25, -0.2) is 0 Å². The van der Waals surface area contributed by atoms with Crippen molar-refractivity contribution in [1.29, 1.82) is 0 Å². The molecule has 0 unspecified atom stereocenters. The Hall–Kier alpha value is -1.91. The SMILES string of the molecule is CCN(CC)c1ccc(NC(=O)COc2cccc(Cl)c2Cl)c(C)c1. The second kappa shape index (κ2) is 8.97. The number of nitrogens with zero attached hydrogens (tertiary/aromatic N) is 1. The smallest absolute Gasteiger partial charge is 0.262 e. The van der Waals surface area contributed by atoms with E-state index < -0.39 is 0 Å². The number of anilines is 2. The first-order valence-corrected chi connectivity index (χ1v) is 8.94. The monoisotopic (exact) mass is 380 g/mol. The first kappa shape index (κ1) is 19.4. The van der Waals surface area contributed by atoms with Crippen LogP contribution in [0.15, 0.2) is 36.4 Å². The molecule has 1 amide bonds. The lowest BCUT2D eigenvalue weighted by molar-refractivity contribution is -0.118. The predicted octanol–water partition coefficient (Wildman–Crippen LogP) is 5.17. The highest BCUT2D eigenvalue weighted by Gasteiger charge is 2.10. The second-order valence-corrected chi connectivity index (χ2v) is 6.35. The third kappa shape index (κ3) is 5.03. The largest absolute Gasteiger partial charge is 0.482 e. The number of amides is 1. The van der Waals surface area contributed by atoms with E-state index in [2.05, 4.69) is 30.1 Å². The van der Waals surface area contributed by atoms with Crippen LogP contribution in [-0.2, 0) is 4.79 Å². The highest BCUT2D eigenvalue weighted by molar-refractivity contribution is 6.42. The lowest BCUT2D eigenvalue weighted by Crippen LogP contribution is -2.23. The fourth-order valence-electron chi connectivity index (χ4n) is 2.50. The average Bonchev–Trinajstić information content (AvgIpc) is 2.59. The Morgan fingerprint density at radius 2 is 1.88 bits per heavy atom. The van der Waals surface area contributed by atoms with Gasteiger partial charge in [0.15, 0.2) is 6.61 Å². The number of aryl methyl sites for hydroxylation is 1. The summed E-state index contributed by atoms with van der Waals surface area (Å²) < 4.78 is 5.45. The Morgan fingerprint density at radius 1 is 1.16 bits per heavy atom. The molecule has 0 radical (unpaired) electrons. The maximum atomic E-state index is 12.1. The molecule has 0 fully saturated rings. The van der Waals surface area contributed by atoms with Crippen LogP contribution < -0.4 is 15.0 Å². The van der Waals surface area contributed by atoms with Gasteiger partial charge in [-0.1, -0.05) is 29.3 Å². The number of nitrogens with one attached hydrogen (secondary N) is 1. The van der Waals surface area contributed by atoms with E-state index in [-0.39, 0.29) is 12.5 Å². The second-order valence-electron chi connectivity index (χ2n) is 5.56. The minimum absolute atomic E-state index is 0.142. The summed E-state index contributed by atoms with van der Waals surface area (Å²) in [6, 6.07) is 11.0. The van der Waals surface area contributed by atoms with Gasteiger partial charge in [0.25, 0.3) is 5.91 Å². The van der Waals surface area contributed by atoms with Gasteiger partial charge >= 0.3 is 0 Å². The van der Waals surface area contributed by atoms with Crippen LogP contribution in [0.1, 0.15) is 19.4 Å². The maximum absolute atomic E-state index is 12.1. The van der Waals surface area contributed by atoms with E-state index in [1.165, 1.54) is 0 Å². The van der Waals surface area contributed by atoms with Gasteiger partial charge in [-0.05, 0) is 56.7 Å². The number of hydrogen-bond donors (Lipinski definition) is 1. The van der Waals surface area contributed by atoms with Crippen LogP contribution in [0, 0.1) is 6.92 Å². The van der Waals surface area contributed by atoms with Crippen molar-refractivity contribution in [2.24, 2.45) is 0 Å². The van der Waals surface area contributed by atoms with E-state index in [0.717, 1.165) is 30.0 Å². The highest BCUT2D eigenvalue weighted by Crippen LogP contribution is 2.31. The normalized spacial score (nSPS) is 10.4. The van der Waals surface area contributed by atoms with Gasteiger partial charge < -0.3 is 15.0 Å². The number of halogens is 2. The van der Waals surface area contributed by atoms with Gasteiger partial charge in [0.2, 0.25) is 0 Å². The van der Waals surface area contributed by atoms with Gasteiger partial charge in [-0.2, -0.15) is 0 Å². The van der Waals surface area contributed by atoms with Crippen molar-refractivity contribution in [2.75, 3.05) is 29.9 Å². The Balaban J connectivity index is 1.99. The molecule has 0 aliphatic carbocycles. The first-order chi connectivity index (χ1) is 12.0. The summed E-state index contributed by atoms with van der Waals surface area (Å²) in [7, 11) is 0. The van der Waals surface area contributed by atoms with Crippen LogP contribution in [0.5, 0.6) is 5.75 Å². The van der Waals surface area contributed by atoms with E-state index in [9.17, 15) is 4.79 Å². The molecule has 2 aromatic carbocycles. The Labute approximate surface area is 158 Å². The summed E-state index contributed by atoms with van der Waals surface area (Å²) in [5, 5.41) is 3.55. The van der Waals surface area contributed by atoms with Gasteiger partial charge in [-0.3, -0.25) is 4.79 Å². The molecule has 1 N–H and O–H groups in total. The minimum Gasteiger partial charge on any atom is -0.482 e. The summed E-state index contributed by atoms with van der Waals surface area (Å²) in [6.07, 6.45) is 0. The standard InChI is InChI=1S/C19H22Cl2N2O2/c1-4-23(5-2)14-9-10-16(13(3)11-14)22-18(24)12-25-17-8-6-7-15(20)19(17)21/h6-11H,4-5,12H2,1-3H3,(H,22,24). The van der Waals surface area contributed by atoms with Crippen molar-refractivity contribution >= 4 is 40.5 Å². The minimum atomic E-state index is -0.255. The Bertz CT molecular complexity index is 746. The molecule has 0 aromatic heterocycles. The molecular weight excluding hydrogens is 359 g/mol. The summed E-state index contributed by atoms with van der Waals surface area (Å²) in [6.45, 7) is 7.94. The van der Waals surface area contributed by atoms with Crippen LogP contribution >= 0.6 is 23.2 Å². The zero-order valence-corrected chi connectivity index (χ0v) is 16.1. The summed E-state index contributed by atoms with van der Waals surface area (Å²) in [5.74, 6) is 0.132. The van der Waals surface area contributed by atoms with E-state index in [4.69, 9.17) is 27.9 Å². The highest BCUT2D eigenvalue weighted by atomic mass is 35.5. The van der Waals surface area contributed by atoms with E-state index in [0.29, 0.717) is 15.8 Å². The molecule has 0 atom stereocenters. The molecule has 2 rings (SSSR count). The topological polar surface area (TPSA) is 41.6 Å². The van der Waals surface area contributed by atoms with Crippen molar-refractivity contribution in [2.45, 2.75) is 20.8 Å². The molecule has 0 heterocycles. The molecule has 0 aliphatic rings. The van der Waals surface area contributed by atoms with Gasteiger partial charge in [-0.15, -0.1) is 0 Å². The number of hydrogen-bond acceptors (Lipinski definition) is 3. The number of carbonyl (C=O) groups excluding carboxylic acids is 1. The van der Waals surface area contributed by atoms with Gasteiger partial charge in [0.05, 0.1) is 5.02 Å². The fourth-order valence-corrected chi connectivity index (χ4v) is 2.85. The van der Waals surface area contributed by atoms with Crippen LogP contribution in [-0.4, -0.2) is 25.6 Å². The van der Waals surface area contributed by atoms with Crippen molar-refractivity contribution in [1.82, 2.24) is 0 Å². The Morgan fingerprint density at radius 3 is 2.52 bits per heavy atom. The molecule has 4 nitrogen and oxygen atoms in total. The molecule has 0 spiro atoms. The van der Waals surface area contributed by atoms with Crippen molar-refractivity contribution < 1.29 is 9.53 Å². The molecule has 0 saturated carbocycles. The molecule has 0 saturated heterocycles. The van der Waals surface area contributed by atoms with Crippen molar-refractivity contribution in [3.63, 3.8) is 0 Å². The predicted molar refractivity (Wildman–Crippen MR) is 105 cm³/mol. The molecule has 2 aromatic rings. The number of rotatable bonds is 7. The molecule has 134 valence electrons. The van der Waals surface area contributed by atoms with E-state index >= 15 is 0 Å². The van der Waals surface area contributed by atoms with Crippen molar-refractivity contribution in [3.8, 4) is 5.75 Å². The van der Waals surface area contributed by atoms with Crippen molar-refractivity contribution in [3.05, 3.63) is 52.0 Å². The number of benzene rings is 2. The molecule has 25 heavy (non-hydrogen) atoms. The van der Waals surface area contributed by atoms with Crippen LogP contribution in [0.3, 0.4) is 0 Å². The van der Waals surface area contributed by atoms with E-state index in [1.807, 2.05) is 19.1 Å². The number of carbonyl (C=O) groups is 1. The third-order valence-electron chi connectivity index (χ3n) is 3.89. The zero-order chi connectivity index (χ0) is 18.4.